The highest BCUT2D eigenvalue weighted by Gasteiger charge is 2.52. The van der Waals surface area contributed by atoms with E-state index in [0.717, 1.165) is 112 Å². The summed E-state index contributed by atoms with van der Waals surface area (Å²) in [6, 6.07) is 8.18. The highest BCUT2D eigenvalue weighted by atomic mass is 33.1. The first kappa shape index (κ1) is 49.7. The molecular formula is C60H68N4O8S2. The van der Waals surface area contributed by atoms with Gasteiger partial charge in [-0.3, -0.25) is 4.79 Å². The molecule has 9 aliphatic rings. The average molecular weight is 1040 g/mol. The molecule has 3 aromatic carbocycles. The zero-order valence-corrected chi connectivity index (χ0v) is 44.3. The third-order valence-electron chi connectivity index (χ3n) is 17.3. The summed E-state index contributed by atoms with van der Waals surface area (Å²) in [6.45, 7) is 3.06. The average Bonchev–Trinajstić information content (AvgIpc) is 3.89. The fraction of sp³-hybridized carbons (Fsp3) is 0.517. The molecule has 7 N–H and O–H groups in total. The van der Waals surface area contributed by atoms with Gasteiger partial charge in [0.05, 0.1) is 30.9 Å². The van der Waals surface area contributed by atoms with Crippen molar-refractivity contribution in [3.8, 4) is 63.6 Å². The van der Waals surface area contributed by atoms with Crippen molar-refractivity contribution in [2.24, 2.45) is 23.5 Å². The Labute approximate surface area is 443 Å². The van der Waals surface area contributed by atoms with Crippen LogP contribution in [0.25, 0.3) is 17.2 Å². The minimum Gasteiger partial charge on any atom is -0.508 e. The van der Waals surface area contributed by atoms with Crippen molar-refractivity contribution >= 4 is 33.6 Å². The van der Waals surface area contributed by atoms with Crippen molar-refractivity contribution in [1.82, 2.24) is 16.0 Å². The molecule has 12 nitrogen and oxygen atoms in total. The van der Waals surface area contributed by atoms with E-state index >= 15 is 0 Å². The second-order valence-electron chi connectivity index (χ2n) is 22.2. The van der Waals surface area contributed by atoms with Crippen LogP contribution in [0, 0.1) is 41.4 Å². The number of fused-ring (bicyclic) bond motifs is 10. The predicted molar refractivity (Wildman–Crippen MR) is 291 cm³/mol. The number of methoxy groups -OCH3 is 2. The molecule has 12 rings (SSSR count). The number of hydrogen-bond donors (Lipinski definition) is 6. The van der Waals surface area contributed by atoms with Gasteiger partial charge in [-0.1, -0.05) is 70.2 Å². The molecular weight excluding hydrogens is 969 g/mol. The minimum absolute atomic E-state index is 0.0526. The Hall–Kier alpha value is -5.19. The van der Waals surface area contributed by atoms with Gasteiger partial charge in [0.15, 0.2) is 11.5 Å². The number of phenolic OH excluding ortho intramolecular Hbond substituents is 2. The summed E-state index contributed by atoms with van der Waals surface area (Å²) in [7, 11) is 7.18. The molecule has 11 atom stereocenters. The molecule has 388 valence electrons. The fourth-order valence-corrected chi connectivity index (χ4v) is 16.7. The molecule has 3 aromatic rings. The van der Waals surface area contributed by atoms with Crippen LogP contribution in [0.2, 0.25) is 0 Å². The first-order valence-corrected chi connectivity index (χ1v) is 29.3. The van der Waals surface area contributed by atoms with E-state index in [1.165, 1.54) is 19.8 Å². The van der Waals surface area contributed by atoms with Gasteiger partial charge in [-0.2, -0.15) is 0 Å². The van der Waals surface area contributed by atoms with Crippen LogP contribution in [-0.4, -0.2) is 86.0 Å². The predicted octanol–water partition coefficient (Wildman–Crippen LogP) is 9.17. The Morgan fingerprint density at radius 2 is 1.88 bits per heavy atom. The van der Waals surface area contributed by atoms with Crippen molar-refractivity contribution in [2.45, 2.75) is 132 Å². The summed E-state index contributed by atoms with van der Waals surface area (Å²) in [5, 5.41) is 35.7. The SMILES string of the molecule is COC[C@@H]1CC#C[C@H]2C#CC3=C(C=CC(N)N3)C[C@H]3CC[C@]4(Cc5cc(O)cc(OC)c5-c5ccc6c(c54)O[C@H](c4c5c(c(O)c(c42)CNCC1)O[C@@H]1CSSC[C@H]2CCC[C@H](C2)N[C@H]1C=C5)[C@H]6COC(C)=O)C3. The van der Waals surface area contributed by atoms with Gasteiger partial charge in [0, 0.05) is 96.0 Å². The molecule has 0 aromatic heterocycles. The molecule has 1 unspecified atom stereocenters. The lowest BCUT2D eigenvalue weighted by atomic mass is 9.65. The van der Waals surface area contributed by atoms with Crippen LogP contribution < -0.4 is 35.9 Å². The lowest BCUT2D eigenvalue weighted by molar-refractivity contribution is -0.141. The smallest absolute Gasteiger partial charge is 0.302 e. The molecule has 1 saturated heterocycles. The van der Waals surface area contributed by atoms with Crippen LogP contribution in [0.3, 0.4) is 0 Å². The number of rotatable bonds is 5. The highest BCUT2D eigenvalue weighted by Crippen LogP contribution is 2.64. The largest absolute Gasteiger partial charge is 0.508 e. The van der Waals surface area contributed by atoms with Crippen molar-refractivity contribution in [3.05, 3.63) is 92.7 Å². The summed E-state index contributed by atoms with van der Waals surface area (Å²) in [6.07, 6.45) is 17.5. The van der Waals surface area contributed by atoms with E-state index in [2.05, 4.69) is 70.0 Å². The van der Waals surface area contributed by atoms with Crippen LogP contribution in [0.1, 0.15) is 128 Å². The molecule has 74 heavy (non-hydrogen) atoms. The van der Waals surface area contributed by atoms with Gasteiger partial charge in [0.1, 0.15) is 42.0 Å². The minimum atomic E-state index is -0.736. The maximum Gasteiger partial charge on any atom is 0.302 e. The maximum absolute atomic E-state index is 13.2. The Morgan fingerprint density at radius 3 is 2.74 bits per heavy atom. The topological polar surface area (TPSA) is 166 Å². The fourth-order valence-electron chi connectivity index (χ4n) is 14.0. The quantitative estimate of drug-likeness (QED) is 0.0814. The number of dihydropyridines is 1. The van der Waals surface area contributed by atoms with E-state index in [9.17, 15) is 15.0 Å². The number of allylic oxidation sites excluding steroid dienone is 3. The molecule has 0 radical (unpaired) electrons. The zero-order chi connectivity index (χ0) is 50.7. The van der Waals surface area contributed by atoms with E-state index < -0.39 is 24.1 Å². The van der Waals surface area contributed by atoms with Gasteiger partial charge in [0.25, 0.3) is 0 Å². The van der Waals surface area contributed by atoms with E-state index in [1.54, 1.807) is 20.3 Å². The van der Waals surface area contributed by atoms with E-state index in [1.807, 2.05) is 33.7 Å². The monoisotopic (exact) mass is 1040 g/mol. The number of benzene rings is 3. The number of nitrogens with one attached hydrogen (secondary N) is 3. The molecule has 1 spiro atoms. The van der Waals surface area contributed by atoms with Gasteiger partial charge in [-0.25, -0.2) is 0 Å². The summed E-state index contributed by atoms with van der Waals surface area (Å²) >= 11 is 0. The molecule has 6 bridgehead atoms. The van der Waals surface area contributed by atoms with Crippen molar-refractivity contribution < 1.29 is 38.7 Å². The molecule has 2 saturated carbocycles. The number of nitrogens with two attached hydrogens (primary N) is 1. The van der Waals surface area contributed by atoms with Crippen LogP contribution in [0.4, 0.5) is 0 Å². The number of esters is 1. The number of aromatic hydroxyl groups is 2. The van der Waals surface area contributed by atoms with Crippen LogP contribution in [0.5, 0.6) is 28.7 Å². The first-order chi connectivity index (χ1) is 36.1. The number of carbonyl (C=O) groups is 1. The van der Waals surface area contributed by atoms with Crippen LogP contribution in [-0.2, 0) is 32.6 Å². The Morgan fingerprint density at radius 1 is 0.986 bits per heavy atom. The number of carbonyl (C=O) groups excluding carboxylic acids is 1. The summed E-state index contributed by atoms with van der Waals surface area (Å²) in [5.41, 5.74) is 16.2. The molecule has 0 amide bonds. The van der Waals surface area contributed by atoms with Gasteiger partial charge in [0.2, 0.25) is 0 Å². The molecule has 3 aliphatic carbocycles. The van der Waals surface area contributed by atoms with E-state index in [4.69, 9.17) is 29.4 Å². The van der Waals surface area contributed by atoms with Crippen LogP contribution in [0.15, 0.2) is 53.8 Å². The first-order valence-electron chi connectivity index (χ1n) is 26.9. The number of phenols is 2. The van der Waals surface area contributed by atoms with Crippen LogP contribution >= 0.6 is 21.6 Å². The summed E-state index contributed by atoms with van der Waals surface area (Å²) in [5.74, 6) is 18.1. The standard InChI is InChI=1S/C60H68N4O8S2/c1-33(65)70-30-46-42-12-13-43-52-39(24-41(66)25-49(52)69-3)27-60-20-18-35(26-60)22-38-11-17-51(61)64-47(38)15-10-37-8-4-6-34(29-68-2)19-21-62-28-45-53(37)54(57(46)72-58(42)55(43)60)44-14-16-48-50(71-59(44)56(45)67)32-74-73-31-36-7-5-9-40(23-36)63-48/h11-14,16-17,24-25,34-37,40,46,48,50-51,57,62-64,66-67H,5-7,9,18-23,26-32,61H2,1-3H3/t34-,35-,36+,37+,40-,46+,48+,50-,51?,57+,60-/m1/s1. The Kier molecular flexibility index (Phi) is 13.9. The Balaban J connectivity index is 1.14. The Bertz CT molecular complexity index is 2970. The number of ether oxygens (including phenoxy) is 5. The van der Waals surface area contributed by atoms with E-state index in [0.29, 0.717) is 73.0 Å². The number of hydrogen-bond acceptors (Lipinski definition) is 14. The van der Waals surface area contributed by atoms with Gasteiger partial charge in [-0.05, 0) is 122 Å². The second-order valence-corrected chi connectivity index (χ2v) is 24.7. The van der Waals surface area contributed by atoms with Crippen molar-refractivity contribution in [1.29, 1.82) is 0 Å². The lowest BCUT2D eigenvalue weighted by Gasteiger charge is -2.39. The lowest BCUT2D eigenvalue weighted by Crippen LogP contribution is -2.49. The van der Waals surface area contributed by atoms with Crippen molar-refractivity contribution in [2.75, 3.05) is 45.5 Å². The molecule has 6 heterocycles. The third-order valence-corrected chi connectivity index (χ3v) is 19.9. The highest BCUT2D eigenvalue weighted by molar-refractivity contribution is 8.76. The summed E-state index contributed by atoms with van der Waals surface area (Å²) in [4.78, 5) is 13.1. The van der Waals surface area contributed by atoms with Gasteiger partial charge < -0.3 is 55.6 Å². The molecule has 6 aliphatic heterocycles. The normalized spacial score (nSPS) is 31.3. The molecule has 14 heteroatoms. The van der Waals surface area contributed by atoms with Gasteiger partial charge in [-0.15, -0.1) is 5.92 Å². The molecule has 3 fully saturated rings. The third kappa shape index (κ3) is 9.26. The maximum atomic E-state index is 13.2. The van der Waals surface area contributed by atoms with Crippen molar-refractivity contribution in [3.63, 3.8) is 0 Å². The van der Waals surface area contributed by atoms with Gasteiger partial charge >= 0.3 is 5.97 Å². The zero-order valence-electron chi connectivity index (χ0n) is 42.7. The summed E-state index contributed by atoms with van der Waals surface area (Å²) < 4.78 is 33.1. The second kappa shape index (κ2) is 20.7. The van der Waals surface area contributed by atoms with E-state index in [-0.39, 0.29) is 47.6 Å².